The van der Waals surface area contributed by atoms with E-state index in [-0.39, 0.29) is 11.8 Å². The lowest BCUT2D eigenvalue weighted by molar-refractivity contribution is -0.122. The molecule has 0 saturated carbocycles. The van der Waals surface area contributed by atoms with Crippen LogP contribution < -0.4 is 10.9 Å². The van der Waals surface area contributed by atoms with Gasteiger partial charge in [0.25, 0.3) is 0 Å². The predicted octanol–water partition coefficient (Wildman–Crippen LogP) is 3.20. The molecule has 2 rings (SSSR count). The average molecular weight is 495 g/mol. The van der Waals surface area contributed by atoms with Gasteiger partial charge in [0.15, 0.2) is 0 Å². The van der Waals surface area contributed by atoms with Crippen molar-refractivity contribution in [1.82, 2.24) is 10.9 Å². The molecule has 0 saturated heterocycles. The van der Waals surface area contributed by atoms with E-state index < -0.39 is 11.9 Å². The van der Waals surface area contributed by atoms with Crippen LogP contribution in [0.1, 0.15) is 70.4 Å². The summed E-state index contributed by atoms with van der Waals surface area (Å²) in [6.07, 6.45) is 6.68. The first-order chi connectivity index (χ1) is 17.4. The predicted molar refractivity (Wildman–Crippen MR) is 135 cm³/mol. The lowest BCUT2D eigenvalue weighted by Crippen LogP contribution is -2.17. The highest BCUT2D eigenvalue weighted by Crippen LogP contribution is 2.07. The zero-order valence-electron chi connectivity index (χ0n) is 20.4. The van der Waals surface area contributed by atoms with Gasteiger partial charge in [-0.2, -0.15) is 10.2 Å². The van der Waals surface area contributed by atoms with E-state index in [0.717, 1.165) is 24.0 Å². The minimum atomic E-state index is -0.415. The molecule has 0 radical (unpaired) electrons. The zero-order chi connectivity index (χ0) is 26.2. The molecule has 0 aliphatic rings. The summed E-state index contributed by atoms with van der Waals surface area (Å²) < 4.78 is 9.28. The molecule has 0 heterocycles. The molecule has 0 aliphatic carbocycles. The van der Waals surface area contributed by atoms with E-state index in [1.165, 1.54) is 26.6 Å². The highest BCUT2D eigenvalue weighted by molar-refractivity contribution is 5.91. The summed E-state index contributed by atoms with van der Waals surface area (Å²) >= 11 is 0. The molecule has 0 unspecified atom stereocenters. The van der Waals surface area contributed by atoms with Crippen molar-refractivity contribution in [2.24, 2.45) is 10.2 Å². The number of methoxy groups -OCH3 is 2. The molecule has 10 heteroatoms. The summed E-state index contributed by atoms with van der Waals surface area (Å²) in [5.41, 5.74) is 7.30. The number of nitrogens with zero attached hydrogens (tertiary/aromatic N) is 2. The third-order valence-electron chi connectivity index (χ3n) is 5.03. The molecule has 0 aromatic heterocycles. The highest BCUT2D eigenvalue weighted by Gasteiger charge is 2.05. The Kier molecular flexibility index (Phi) is 12.0. The number of nitrogens with one attached hydrogen (secondary N) is 2. The van der Waals surface area contributed by atoms with Crippen molar-refractivity contribution in [3.8, 4) is 0 Å². The minimum Gasteiger partial charge on any atom is -0.465 e. The summed E-state index contributed by atoms with van der Waals surface area (Å²) in [6.45, 7) is 0. The second kappa shape index (κ2) is 15.5. The van der Waals surface area contributed by atoms with Crippen molar-refractivity contribution in [3.63, 3.8) is 0 Å². The fraction of sp³-hybridized carbons (Fsp3) is 0.308. The molecule has 36 heavy (non-hydrogen) atoms. The Bertz CT molecular complexity index is 991. The van der Waals surface area contributed by atoms with E-state index in [0.29, 0.717) is 36.8 Å². The number of ether oxygens (including phenoxy) is 2. The summed E-state index contributed by atoms with van der Waals surface area (Å²) in [7, 11) is 2.64. The summed E-state index contributed by atoms with van der Waals surface area (Å²) in [5, 5.41) is 7.83. The van der Waals surface area contributed by atoms with E-state index in [1.54, 1.807) is 48.5 Å². The Morgan fingerprint density at radius 3 is 1.33 bits per heavy atom. The lowest BCUT2D eigenvalue weighted by Gasteiger charge is -2.02. The van der Waals surface area contributed by atoms with Gasteiger partial charge in [-0.15, -0.1) is 0 Å². The van der Waals surface area contributed by atoms with Gasteiger partial charge >= 0.3 is 11.9 Å². The Hall–Kier alpha value is -4.34. The maximum atomic E-state index is 11.9. The van der Waals surface area contributed by atoms with Gasteiger partial charge < -0.3 is 9.47 Å². The van der Waals surface area contributed by atoms with Crippen LogP contribution in [0.4, 0.5) is 0 Å². The Balaban J connectivity index is 1.54. The van der Waals surface area contributed by atoms with E-state index in [9.17, 15) is 19.2 Å². The number of hydrogen-bond acceptors (Lipinski definition) is 8. The molecular formula is C26H30N4O6. The van der Waals surface area contributed by atoms with Crippen molar-refractivity contribution in [2.75, 3.05) is 14.2 Å². The first kappa shape index (κ1) is 27.9. The largest absolute Gasteiger partial charge is 0.465 e. The van der Waals surface area contributed by atoms with Crippen LogP contribution in [0.15, 0.2) is 58.7 Å². The molecule has 2 N–H and O–H groups in total. The number of hydrazone groups is 2. The van der Waals surface area contributed by atoms with Gasteiger partial charge in [0.1, 0.15) is 0 Å². The third-order valence-corrected chi connectivity index (χ3v) is 5.03. The molecule has 190 valence electrons. The lowest BCUT2D eigenvalue weighted by atomic mass is 10.1. The molecule has 0 bridgehead atoms. The van der Waals surface area contributed by atoms with Gasteiger partial charge in [-0.05, 0) is 48.2 Å². The van der Waals surface area contributed by atoms with Gasteiger partial charge in [0.2, 0.25) is 11.8 Å². The second-order valence-electron chi connectivity index (χ2n) is 7.73. The number of hydrogen-bond donors (Lipinski definition) is 2. The molecule has 0 atom stereocenters. The number of carbonyl (C=O) groups is 4. The van der Waals surface area contributed by atoms with Crippen LogP contribution in [0.2, 0.25) is 0 Å². The summed E-state index contributed by atoms with van der Waals surface area (Å²) in [4.78, 5) is 46.5. The molecular weight excluding hydrogens is 464 g/mol. The smallest absolute Gasteiger partial charge is 0.337 e. The standard InChI is InChI=1S/C26H30N4O6/c1-35-25(33)21-13-9-19(10-14-21)17-27-29-23(31)7-5-3-4-6-8-24(32)30-28-18-20-11-15-22(16-12-20)26(34)36-2/h9-18H,3-8H2,1-2H3,(H,29,31)(H,30,32)/b27-17+,28-18+. The normalized spacial score (nSPS) is 10.8. The summed E-state index contributed by atoms with van der Waals surface area (Å²) in [6, 6.07) is 13.3. The SMILES string of the molecule is COC(=O)c1ccc(/C=N/NC(=O)CCCCCCC(=O)N/N=C/c2ccc(C(=O)OC)cc2)cc1. The van der Waals surface area contributed by atoms with E-state index >= 15 is 0 Å². The molecule has 2 amide bonds. The van der Waals surface area contributed by atoms with Crippen molar-refractivity contribution < 1.29 is 28.7 Å². The first-order valence-electron chi connectivity index (χ1n) is 11.4. The molecule has 10 nitrogen and oxygen atoms in total. The fourth-order valence-corrected chi connectivity index (χ4v) is 3.04. The van der Waals surface area contributed by atoms with Crippen LogP contribution in [0.5, 0.6) is 0 Å². The van der Waals surface area contributed by atoms with Gasteiger partial charge in [-0.1, -0.05) is 37.1 Å². The van der Waals surface area contributed by atoms with Crippen molar-refractivity contribution in [3.05, 3.63) is 70.8 Å². The maximum Gasteiger partial charge on any atom is 0.337 e. The minimum absolute atomic E-state index is 0.191. The zero-order valence-corrected chi connectivity index (χ0v) is 20.4. The van der Waals surface area contributed by atoms with E-state index in [4.69, 9.17) is 0 Å². The Morgan fingerprint density at radius 1 is 0.639 bits per heavy atom. The van der Waals surface area contributed by atoms with Crippen molar-refractivity contribution in [1.29, 1.82) is 0 Å². The number of esters is 2. The maximum absolute atomic E-state index is 11.9. The van der Waals surface area contributed by atoms with Crippen LogP contribution in [-0.2, 0) is 19.1 Å². The van der Waals surface area contributed by atoms with Crippen LogP contribution >= 0.6 is 0 Å². The third kappa shape index (κ3) is 10.3. The molecule has 2 aromatic carbocycles. The van der Waals surface area contributed by atoms with E-state index in [2.05, 4.69) is 30.5 Å². The number of carbonyl (C=O) groups excluding carboxylic acids is 4. The molecule has 0 fully saturated rings. The van der Waals surface area contributed by atoms with Crippen LogP contribution in [0, 0.1) is 0 Å². The van der Waals surface area contributed by atoms with Gasteiger partial charge in [-0.25, -0.2) is 20.4 Å². The van der Waals surface area contributed by atoms with Crippen LogP contribution in [0.25, 0.3) is 0 Å². The number of amides is 2. The average Bonchev–Trinajstić information content (AvgIpc) is 2.90. The van der Waals surface area contributed by atoms with E-state index in [1.807, 2.05) is 0 Å². The van der Waals surface area contributed by atoms with Gasteiger partial charge in [0.05, 0.1) is 37.8 Å². The second-order valence-corrected chi connectivity index (χ2v) is 7.73. The number of unbranched alkanes of at least 4 members (excludes halogenated alkanes) is 3. The number of benzene rings is 2. The summed E-state index contributed by atoms with van der Waals surface area (Å²) in [5.74, 6) is -1.21. The van der Waals surface area contributed by atoms with Crippen molar-refractivity contribution in [2.45, 2.75) is 38.5 Å². The van der Waals surface area contributed by atoms with Gasteiger partial charge in [-0.3, -0.25) is 9.59 Å². The molecule has 0 aliphatic heterocycles. The molecule has 2 aromatic rings. The Labute approximate surface area is 209 Å². The van der Waals surface area contributed by atoms with Gasteiger partial charge in [0, 0.05) is 12.8 Å². The first-order valence-corrected chi connectivity index (χ1v) is 11.4. The number of rotatable bonds is 13. The monoisotopic (exact) mass is 494 g/mol. The van der Waals surface area contributed by atoms with Crippen LogP contribution in [0.3, 0.4) is 0 Å². The van der Waals surface area contributed by atoms with Crippen molar-refractivity contribution >= 4 is 36.2 Å². The topological polar surface area (TPSA) is 136 Å². The fourth-order valence-electron chi connectivity index (χ4n) is 3.04. The quantitative estimate of drug-likeness (QED) is 0.190. The Morgan fingerprint density at radius 2 is 1.00 bits per heavy atom. The molecule has 0 spiro atoms. The van der Waals surface area contributed by atoms with Crippen LogP contribution in [-0.4, -0.2) is 50.4 Å². The highest BCUT2D eigenvalue weighted by atomic mass is 16.5.